The third-order valence-electron chi connectivity index (χ3n) is 4.71. The van der Waals surface area contributed by atoms with Gasteiger partial charge in [0.15, 0.2) is 4.80 Å². The third-order valence-corrected chi connectivity index (χ3v) is 6.11. The van der Waals surface area contributed by atoms with Crippen LogP contribution < -0.4 is 4.80 Å². The van der Waals surface area contributed by atoms with Crippen LogP contribution >= 0.6 is 34.5 Å². The predicted molar refractivity (Wildman–Crippen MR) is 115 cm³/mol. The van der Waals surface area contributed by atoms with Gasteiger partial charge in [-0.15, -0.1) is 11.3 Å². The van der Waals surface area contributed by atoms with Gasteiger partial charge in [-0.25, -0.2) is 4.99 Å². The summed E-state index contributed by atoms with van der Waals surface area (Å²) in [7, 11) is 0. The first-order valence-corrected chi connectivity index (χ1v) is 10.7. The molecular weight excluding hydrogens is 433 g/mol. The van der Waals surface area contributed by atoms with Crippen molar-refractivity contribution >= 4 is 45.9 Å². The number of nitrogens with zero attached hydrogens (tertiary/aromatic N) is 3. The van der Waals surface area contributed by atoms with E-state index >= 15 is 0 Å². The van der Waals surface area contributed by atoms with Gasteiger partial charge in [-0.3, -0.25) is 10.1 Å². The lowest BCUT2D eigenvalue weighted by molar-refractivity contribution is -0.384. The number of thiazole rings is 1. The molecule has 1 saturated heterocycles. The van der Waals surface area contributed by atoms with Crippen LogP contribution in [0, 0.1) is 10.1 Å². The van der Waals surface area contributed by atoms with Crippen LogP contribution in [0.4, 0.5) is 11.4 Å². The number of aromatic nitrogens is 1. The lowest BCUT2D eigenvalue weighted by Gasteiger charge is -2.14. The summed E-state index contributed by atoms with van der Waals surface area (Å²) in [5, 5.41) is 14.0. The van der Waals surface area contributed by atoms with E-state index in [9.17, 15) is 10.1 Å². The van der Waals surface area contributed by atoms with Gasteiger partial charge in [-0.1, -0.05) is 23.2 Å². The van der Waals surface area contributed by atoms with Crippen LogP contribution in [0.5, 0.6) is 0 Å². The van der Waals surface area contributed by atoms with E-state index in [0.717, 1.165) is 35.5 Å². The molecule has 1 aliphatic heterocycles. The maximum Gasteiger partial charge on any atom is 0.269 e. The highest BCUT2D eigenvalue weighted by Crippen LogP contribution is 2.29. The molecular formula is C20H17Cl2N3O3S. The van der Waals surface area contributed by atoms with E-state index in [2.05, 4.69) is 4.57 Å². The van der Waals surface area contributed by atoms with Crippen molar-refractivity contribution in [3.8, 4) is 11.3 Å². The molecule has 1 atom stereocenters. The Bertz CT molecular complexity index is 1100. The van der Waals surface area contributed by atoms with Gasteiger partial charge in [0.2, 0.25) is 0 Å². The largest absolute Gasteiger partial charge is 0.376 e. The van der Waals surface area contributed by atoms with E-state index in [1.807, 2.05) is 5.38 Å². The van der Waals surface area contributed by atoms with Crippen LogP contribution in [0.15, 0.2) is 52.8 Å². The van der Waals surface area contributed by atoms with E-state index in [1.54, 1.807) is 30.3 Å². The molecule has 6 nitrogen and oxygen atoms in total. The second-order valence-corrected chi connectivity index (χ2v) is 8.34. The third kappa shape index (κ3) is 4.53. The molecule has 1 fully saturated rings. The Balaban J connectivity index is 1.79. The van der Waals surface area contributed by atoms with Gasteiger partial charge in [-0.2, -0.15) is 0 Å². The summed E-state index contributed by atoms with van der Waals surface area (Å²) >= 11 is 13.8. The second-order valence-electron chi connectivity index (χ2n) is 6.66. The molecule has 1 aromatic heterocycles. The van der Waals surface area contributed by atoms with E-state index in [-0.39, 0.29) is 11.8 Å². The zero-order chi connectivity index (χ0) is 20.4. The molecule has 3 aromatic rings. The standard InChI is InChI=1S/C20H17Cl2N3O3S/c21-14-5-8-18(17(22)10-14)23-20-24(11-16-2-1-9-28-16)19(12-29-20)13-3-6-15(7-4-13)25(26)27/h3-8,10,12,16H,1-2,9,11H2. The molecule has 1 aliphatic rings. The SMILES string of the molecule is O=[N+]([O-])c1ccc(-c2csc(=Nc3ccc(Cl)cc3Cl)n2CC2CCCO2)cc1. The minimum absolute atomic E-state index is 0.0625. The topological polar surface area (TPSA) is 69.7 Å². The molecule has 0 bridgehead atoms. The number of rotatable bonds is 5. The van der Waals surface area contributed by atoms with Gasteiger partial charge in [0, 0.05) is 29.1 Å². The quantitative estimate of drug-likeness (QED) is 0.362. The average molecular weight is 450 g/mol. The van der Waals surface area contributed by atoms with Crippen LogP contribution in [0.25, 0.3) is 11.3 Å². The zero-order valence-corrected chi connectivity index (χ0v) is 17.6. The Morgan fingerprint density at radius 1 is 1.24 bits per heavy atom. The van der Waals surface area contributed by atoms with Gasteiger partial charge in [0.25, 0.3) is 5.69 Å². The number of nitro benzene ring substituents is 1. The molecule has 0 aliphatic carbocycles. The van der Waals surface area contributed by atoms with Gasteiger partial charge < -0.3 is 9.30 Å². The first-order valence-electron chi connectivity index (χ1n) is 9.06. The number of hydrogen-bond donors (Lipinski definition) is 0. The fourth-order valence-corrected chi connectivity index (χ4v) is 4.63. The number of benzene rings is 2. The number of non-ortho nitro benzene ring substituents is 1. The maximum atomic E-state index is 11.0. The lowest BCUT2D eigenvalue weighted by atomic mass is 10.1. The van der Waals surface area contributed by atoms with Gasteiger partial charge in [-0.05, 0) is 48.7 Å². The van der Waals surface area contributed by atoms with Crippen molar-refractivity contribution in [3.05, 3.63) is 72.8 Å². The Morgan fingerprint density at radius 3 is 2.69 bits per heavy atom. The summed E-state index contributed by atoms with van der Waals surface area (Å²) in [6.45, 7) is 1.41. The summed E-state index contributed by atoms with van der Waals surface area (Å²) in [6, 6.07) is 11.7. The van der Waals surface area contributed by atoms with E-state index in [4.69, 9.17) is 32.9 Å². The van der Waals surface area contributed by atoms with Crippen molar-refractivity contribution in [2.24, 2.45) is 4.99 Å². The Kier molecular flexibility index (Phi) is 6.01. The van der Waals surface area contributed by atoms with Crippen molar-refractivity contribution < 1.29 is 9.66 Å². The highest BCUT2D eigenvalue weighted by Gasteiger charge is 2.19. The van der Waals surface area contributed by atoms with Crippen LogP contribution in [-0.2, 0) is 11.3 Å². The van der Waals surface area contributed by atoms with E-state index < -0.39 is 4.92 Å². The van der Waals surface area contributed by atoms with Crippen LogP contribution in [0.3, 0.4) is 0 Å². The fraction of sp³-hybridized carbons (Fsp3) is 0.250. The maximum absolute atomic E-state index is 11.0. The highest BCUT2D eigenvalue weighted by molar-refractivity contribution is 7.07. The average Bonchev–Trinajstić information content (AvgIpc) is 3.35. The van der Waals surface area contributed by atoms with E-state index in [1.165, 1.54) is 23.5 Å². The Morgan fingerprint density at radius 2 is 2.03 bits per heavy atom. The number of nitro groups is 1. The normalized spacial score (nSPS) is 17.0. The van der Waals surface area contributed by atoms with Crippen molar-refractivity contribution in [1.29, 1.82) is 0 Å². The second kappa shape index (κ2) is 8.67. The molecule has 2 aromatic carbocycles. The summed E-state index contributed by atoms with van der Waals surface area (Å²) in [5.74, 6) is 0. The molecule has 1 unspecified atom stereocenters. The Hall–Kier alpha value is -2.19. The van der Waals surface area contributed by atoms with Gasteiger partial charge in [0.05, 0.1) is 34.0 Å². The molecule has 9 heteroatoms. The van der Waals surface area contributed by atoms with Crippen LogP contribution in [0.2, 0.25) is 10.0 Å². The summed E-state index contributed by atoms with van der Waals surface area (Å²) in [6.07, 6.45) is 2.14. The Labute approximate surface area is 181 Å². The first-order chi connectivity index (χ1) is 14.0. The minimum atomic E-state index is -0.402. The van der Waals surface area contributed by atoms with Crippen molar-refractivity contribution in [1.82, 2.24) is 4.57 Å². The molecule has 4 rings (SSSR count). The fourth-order valence-electron chi connectivity index (χ4n) is 3.25. The van der Waals surface area contributed by atoms with Gasteiger partial charge >= 0.3 is 0 Å². The first kappa shape index (κ1) is 20.1. The molecule has 0 radical (unpaired) electrons. The highest BCUT2D eigenvalue weighted by atomic mass is 35.5. The summed E-state index contributed by atoms with van der Waals surface area (Å²) in [4.78, 5) is 16.1. The van der Waals surface area contributed by atoms with E-state index in [0.29, 0.717) is 22.3 Å². The van der Waals surface area contributed by atoms with Crippen molar-refractivity contribution in [2.45, 2.75) is 25.5 Å². The molecule has 0 amide bonds. The smallest absolute Gasteiger partial charge is 0.269 e. The molecule has 0 saturated carbocycles. The van der Waals surface area contributed by atoms with Crippen molar-refractivity contribution in [3.63, 3.8) is 0 Å². The summed E-state index contributed by atoms with van der Waals surface area (Å²) < 4.78 is 7.91. The monoisotopic (exact) mass is 449 g/mol. The van der Waals surface area contributed by atoms with Crippen LogP contribution in [-0.4, -0.2) is 22.2 Å². The molecule has 150 valence electrons. The number of halogens is 2. The van der Waals surface area contributed by atoms with Gasteiger partial charge in [0.1, 0.15) is 0 Å². The van der Waals surface area contributed by atoms with Crippen molar-refractivity contribution in [2.75, 3.05) is 6.61 Å². The molecule has 29 heavy (non-hydrogen) atoms. The zero-order valence-electron chi connectivity index (χ0n) is 15.3. The molecule has 0 N–H and O–H groups in total. The minimum Gasteiger partial charge on any atom is -0.376 e. The molecule has 2 heterocycles. The van der Waals surface area contributed by atoms with Crippen LogP contribution in [0.1, 0.15) is 12.8 Å². The predicted octanol–water partition coefficient (Wildman–Crippen LogP) is 5.84. The summed E-state index contributed by atoms with van der Waals surface area (Å²) in [5.41, 5.74) is 2.51. The number of hydrogen-bond acceptors (Lipinski definition) is 5. The lowest BCUT2D eigenvalue weighted by Crippen LogP contribution is -2.24. The molecule has 0 spiro atoms. The number of ether oxygens (including phenoxy) is 1.